The van der Waals surface area contributed by atoms with E-state index in [1.807, 2.05) is 24.3 Å². The van der Waals surface area contributed by atoms with Crippen molar-refractivity contribution in [1.82, 2.24) is 0 Å². The standard InChI is InChI=1S/C15H21O5S/c1-18-12-4-6-13(7-5-12)21(10-8-14(16)19-2)11-9-15(17)20-3/h4-7H,8-11H2,1-3H3/q+1. The third-order valence-electron chi connectivity index (χ3n) is 2.95. The summed E-state index contributed by atoms with van der Waals surface area (Å²) in [4.78, 5) is 23.7. The molecule has 0 aromatic heterocycles. The molecular formula is C15H21O5S+. The molecular weight excluding hydrogens is 292 g/mol. The zero-order valence-electron chi connectivity index (χ0n) is 12.6. The van der Waals surface area contributed by atoms with Crippen LogP contribution in [0.2, 0.25) is 0 Å². The van der Waals surface area contributed by atoms with Gasteiger partial charge < -0.3 is 14.2 Å². The molecule has 0 spiro atoms. The van der Waals surface area contributed by atoms with Crippen LogP contribution >= 0.6 is 0 Å². The summed E-state index contributed by atoms with van der Waals surface area (Å²) >= 11 is 0. The molecule has 0 aliphatic heterocycles. The zero-order valence-corrected chi connectivity index (χ0v) is 13.4. The van der Waals surface area contributed by atoms with Gasteiger partial charge in [0.2, 0.25) is 0 Å². The van der Waals surface area contributed by atoms with Crippen LogP contribution in [-0.2, 0) is 30.0 Å². The molecule has 1 aromatic carbocycles. The molecule has 116 valence electrons. The Hall–Kier alpha value is -1.69. The third-order valence-corrected chi connectivity index (χ3v) is 5.29. The summed E-state index contributed by atoms with van der Waals surface area (Å²) in [6.07, 6.45) is 0.680. The number of carbonyl (C=O) groups excluding carboxylic acids is 2. The van der Waals surface area contributed by atoms with Gasteiger partial charge in [0.15, 0.2) is 4.90 Å². The summed E-state index contributed by atoms with van der Waals surface area (Å²) in [7, 11) is 4.17. The van der Waals surface area contributed by atoms with Gasteiger partial charge in [0.05, 0.1) is 34.2 Å². The number of methoxy groups -OCH3 is 3. The van der Waals surface area contributed by atoms with E-state index >= 15 is 0 Å². The maximum atomic E-state index is 11.3. The molecule has 0 N–H and O–H groups in total. The van der Waals surface area contributed by atoms with Gasteiger partial charge in [-0.2, -0.15) is 0 Å². The van der Waals surface area contributed by atoms with Gasteiger partial charge in [0, 0.05) is 10.9 Å². The van der Waals surface area contributed by atoms with Gasteiger partial charge in [-0.3, -0.25) is 9.59 Å². The number of ether oxygens (including phenoxy) is 3. The van der Waals surface area contributed by atoms with E-state index in [0.29, 0.717) is 24.3 Å². The van der Waals surface area contributed by atoms with Gasteiger partial charge >= 0.3 is 11.9 Å². The second-order valence-electron chi connectivity index (χ2n) is 4.23. The average molecular weight is 313 g/mol. The first kappa shape index (κ1) is 17.4. The Kier molecular flexibility index (Phi) is 7.68. The summed E-state index contributed by atoms with van der Waals surface area (Å²) in [5.41, 5.74) is 0. The molecule has 0 atom stereocenters. The fourth-order valence-corrected chi connectivity index (χ4v) is 3.75. The van der Waals surface area contributed by atoms with Crippen LogP contribution in [0.4, 0.5) is 0 Å². The molecule has 5 nitrogen and oxygen atoms in total. The van der Waals surface area contributed by atoms with Crippen molar-refractivity contribution in [1.29, 1.82) is 0 Å². The van der Waals surface area contributed by atoms with Crippen molar-refractivity contribution in [3.63, 3.8) is 0 Å². The quantitative estimate of drug-likeness (QED) is 0.541. The molecule has 0 fully saturated rings. The van der Waals surface area contributed by atoms with Crippen LogP contribution < -0.4 is 4.74 Å². The molecule has 1 aromatic rings. The monoisotopic (exact) mass is 313 g/mol. The fraction of sp³-hybridized carbons (Fsp3) is 0.467. The Morgan fingerprint density at radius 3 is 1.76 bits per heavy atom. The Morgan fingerprint density at radius 1 is 0.905 bits per heavy atom. The lowest BCUT2D eigenvalue weighted by Gasteiger charge is -2.08. The van der Waals surface area contributed by atoms with Crippen LogP contribution in [0.25, 0.3) is 0 Å². The highest BCUT2D eigenvalue weighted by atomic mass is 32.2. The molecule has 0 bridgehead atoms. The van der Waals surface area contributed by atoms with E-state index in [4.69, 9.17) is 4.74 Å². The smallest absolute Gasteiger partial charge is 0.310 e. The van der Waals surface area contributed by atoms with E-state index in [1.54, 1.807) is 7.11 Å². The Bertz CT molecular complexity index is 438. The van der Waals surface area contributed by atoms with E-state index in [9.17, 15) is 9.59 Å². The molecule has 6 heteroatoms. The molecule has 1 rings (SSSR count). The predicted octanol–water partition coefficient (Wildman–Crippen LogP) is 1.80. The van der Waals surface area contributed by atoms with Crippen molar-refractivity contribution >= 4 is 22.8 Å². The Morgan fingerprint density at radius 2 is 1.38 bits per heavy atom. The van der Waals surface area contributed by atoms with Crippen LogP contribution in [0.15, 0.2) is 29.2 Å². The fourth-order valence-electron chi connectivity index (χ4n) is 1.72. The largest absolute Gasteiger partial charge is 0.497 e. The second kappa shape index (κ2) is 9.28. The topological polar surface area (TPSA) is 61.8 Å². The Balaban J connectivity index is 2.73. The highest BCUT2D eigenvalue weighted by Crippen LogP contribution is 2.20. The van der Waals surface area contributed by atoms with Gasteiger partial charge in [-0.05, 0) is 24.3 Å². The first-order chi connectivity index (χ1) is 10.1. The highest BCUT2D eigenvalue weighted by Gasteiger charge is 2.24. The number of rotatable bonds is 8. The summed E-state index contributed by atoms with van der Waals surface area (Å²) < 4.78 is 14.5. The summed E-state index contributed by atoms with van der Waals surface area (Å²) in [5.74, 6) is 1.63. The Labute approximate surface area is 127 Å². The van der Waals surface area contributed by atoms with E-state index < -0.39 is 0 Å². The van der Waals surface area contributed by atoms with Crippen LogP contribution in [0.1, 0.15) is 12.8 Å². The average Bonchev–Trinajstić information content (AvgIpc) is 2.54. The van der Waals surface area contributed by atoms with Gasteiger partial charge in [0.1, 0.15) is 17.3 Å². The van der Waals surface area contributed by atoms with Crippen molar-refractivity contribution in [2.45, 2.75) is 17.7 Å². The van der Waals surface area contributed by atoms with Crippen molar-refractivity contribution in [3.8, 4) is 5.75 Å². The van der Waals surface area contributed by atoms with E-state index in [-0.39, 0.29) is 22.8 Å². The van der Waals surface area contributed by atoms with E-state index in [2.05, 4.69) is 9.47 Å². The second-order valence-corrected chi connectivity index (χ2v) is 6.50. The minimum Gasteiger partial charge on any atom is -0.497 e. The normalized spacial score (nSPS) is 10.3. The van der Waals surface area contributed by atoms with Crippen molar-refractivity contribution < 1.29 is 23.8 Å². The highest BCUT2D eigenvalue weighted by molar-refractivity contribution is 7.96. The summed E-state index contributed by atoms with van der Waals surface area (Å²) in [6.45, 7) is 0. The zero-order chi connectivity index (χ0) is 15.7. The van der Waals surface area contributed by atoms with Crippen molar-refractivity contribution in [2.24, 2.45) is 0 Å². The van der Waals surface area contributed by atoms with Gasteiger partial charge in [-0.25, -0.2) is 0 Å². The molecule has 0 heterocycles. The van der Waals surface area contributed by atoms with Gasteiger partial charge in [-0.15, -0.1) is 0 Å². The maximum absolute atomic E-state index is 11.3. The molecule has 0 aliphatic rings. The lowest BCUT2D eigenvalue weighted by Crippen LogP contribution is -2.19. The molecule has 0 radical (unpaired) electrons. The minimum atomic E-state index is -0.237. The summed E-state index contributed by atoms with van der Waals surface area (Å²) in [6, 6.07) is 7.70. The molecule has 0 saturated carbocycles. The van der Waals surface area contributed by atoms with Crippen LogP contribution in [0, 0.1) is 0 Å². The molecule has 0 unspecified atom stereocenters. The minimum absolute atomic E-state index is 0.200. The lowest BCUT2D eigenvalue weighted by molar-refractivity contribution is -0.140. The number of carbonyl (C=O) groups is 2. The summed E-state index contributed by atoms with van der Waals surface area (Å²) in [5, 5.41) is 0. The molecule has 0 saturated heterocycles. The van der Waals surface area contributed by atoms with Crippen LogP contribution in [-0.4, -0.2) is 44.8 Å². The SMILES string of the molecule is COC(=O)CC[S+](CCC(=O)OC)c1ccc(OC)cc1. The lowest BCUT2D eigenvalue weighted by atomic mass is 10.3. The van der Waals surface area contributed by atoms with Crippen molar-refractivity contribution in [2.75, 3.05) is 32.8 Å². The third kappa shape index (κ3) is 6.08. The van der Waals surface area contributed by atoms with Crippen LogP contribution in [0.3, 0.4) is 0 Å². The number of esters is 2. The number of hydrogen-bond acceptors (Lipinski definition) is 5. The first-order valence-electron chi connectivity index (χ1n) is 6.56. The molecule has 21 heavy (non-hydrogen) atoms. The van der Waals surface area contributed by atoms with Crippen LogP contribution in [0.5, 0.6) is 5.75 Å². The first-order valence-corrected chi connectivity index (χ1v) is 8.12. The van der Waals surface area contributed by atoms with E-state index in [0.717, 1.165) is 10.6 Å². The number of benzene rings is 1. The predicted molar refractivity (Wildman–Crippen MR) is 81.6 cm³/mol. The van der Waals surface area contributed by atoms with Gasteiger partial charge in [-0.1, -0.05) is 0 Å². The molecule has 0 amide bonds. The van der Waals surface area contributed by atoms with Crippen molar-refractivity contribution in [3.05, 3.63) is 24.3 Å². The maximum Gasteiger partial charge on any atom is 0.310 e. The van der Waals surface area contributed by atoms with E-state index in [1.165, 1.54) is 14.2 Å². The molecule has 0 aliphatic carbocycles. The number of hydrogen-bond donors (Lipinski definition) is 0. The van der Waals surface area contributed by atoms with Gasteiger partial charge in [0.25, 0.3) is 0 Å².